The van der Waals surface area contributed by atoms with Crippen molar-refractivity contribution in [2.45, 2.75) is 32.7 Å². The van der Waals surface area contributed by atoms with Crippen molar-refractivity contribution in [3.63, 3.8) is 0 Å². The number of rotatable bonds is 7. The molecule has 0 radical (unpaired) electrons. The number of para-hydroxylation sites is 1. The summed E-state index contributed by atoms with van der Waals surface area (Å²) in [5.41, 5.74) is 2.15. The van der Waals surface area contributed by atoms with Gasteiger partial charge in [0.25, 0.3) is 0 Å². The Bertz CT molecular complexity index is 1600. The van der Waals surface area contributed by atoms with Gasteiger partial charge >= 0.3 is 0 Å². The van der Waals surface area contributed by atoms with Gasteiger partial charge in [0.2, 0.25) is 12.3 Å². The quantitative estimate of drug-likeness (QED) is 0.148. The summed E-state index contributed by atoms with van der Waals surface area (Å²) in [6.45, 7) is 10.8. The molecular weight excluding hydrogens is 555 g/mol. The summed E-state index contributed by atoms with van der Waals surface area (Å²) in [6, 6.07) is 15.1. The number of amidine groups is 1. The van der Waals surface area contributed by atoms with Crippen LogP contribution in [0.3, 0.4) is 0 Å². The molecule has 2 amide bonds. The number of carbonyl (C=O) groups excluding carboxylic acids is 2. The van der Waals surface area contributed by atoms with Gasteiger partial charge in [0.05, 0.1) is 27.5 Å². The summed E-state index contributed by atoms with van der Waals surface area (Å²) in [5, 5.41) is 10.2. The number of carbonyl (C=O) groups is 2. The van der Waals surface area contributed by atoms with Crippen LogP contribution in [-0.4, -0.2) is 65.7 Å². The first-order chi connectivity index (χ1) is 20.2. The van der Waals surface area contributed by atoms with E-state index in [0.29, 0.717) is 43.1 Å². The Morgan fingerprint density at radius 1 is 1.26 bits per heavy atom. The molecule has 1 saturated heterocycles. The first-order valence-electron chi connectivity index (χ1n) is 13.5. The van der Waals surface area contributed by atoms with Crippen molar-refractivity contribution in [3.8, 4) is 17.3 Å². The Morgan fingerprint density at radius 2 is 2.00 bits per heavy atom. The van der Waals surface area contributed by atoms with Crippen LogP contribution in [0.2, 0.25) is 5.02 Å². The van der Waals surface area contributed by atoms with E-state index in [4.69, 9.17) is 16.6 Å². The molecule has 2 heterocycles. The second-order valence-electron chi connectivity index (χ2n) is 10.2. The van der Waals surface area contributed by atoms with Crippen molar-refractivity contribution in [2.24, 2.45) is 4.99 Å². The minimum Gasteiger partial charge on any atom is -0.350 e. The fraction of sp³-hybridized carbons (Fsp3) is 0.281. The molecule has 216 valence electrons. The molecule has 0 bridgehead atoms. The maximum Gasteiger partial charge on any atom is 0.246 e. The van der Waals surface area contributed by atoms with Gasteiger partial charge in [0.15, 0.2) is 5.82 Å². The number of nitriles is 1. The Hall–Kier alpha value is -4.55. The number of anilines is 2. The molecule has 1 fully saturated rings. The number of nitrogens with zero attached hydrogens (tertiary/aromatic N) is 6. The molecule has 0 N–H and O–H groups in total. The van der Waals surface area contributed by atoms with Crippen LogP contribution in [0.15, 0.2) is 66.2 Å². The molecule has 1 aliphatic rings. The van der Waals surface area contributed by atoms with E-state index >= 15 is 0 Å². The molecule has 3 aromatic rings. The number of halogens is 2. The number of aliphatic imine (C=N–C) groups is 1. The highest BCUT2D eigenvalue weighted by molar-refractivity contribution is 6.33. The molecule has 2 aromatic carbocycles. The predicted octanol–water partition coefficient (Wildman–Crippen LogP) is 5.93. The average molecular weight is 587 g/mol. The molecule has 42 heavy (non-hydrogen) atoms. The monoisotopic (exact) mass is 586 g/mol. The summed E-state index contributed by atoms with van der Waals surface area (Å²) < 4.78 is 15.0. The predicted molar refractivity (Wildman–Crippen MR) is 163 cm³/mol. The Kier molecular flexibility index (Phi) is 9.38. The highest BCUT2D eigenvalue weighted by Crippen LogP contribution is 2.39. The SMILES string of the molecule is C=CC(=O)N1CCN(C(=NC)c2cc(Cl)c(-c3ccccc3F)nc2N(C=O)c2c(C#N)cccc2C(C)C)C(C)C1. The minimum atomic E-state index is -0.524. The van der Waals surface area contributed by atoms with E-state index < -0.39 is 5.82 Å². The lowest BCUT2D eigenvalue weighted by atomic mass is 9.96. The van der Waals surface area contributed by atoms with Crippen molar-refractivity contribution in [1.82, 2.24) is 14.8 Å². The molecule has 0 saturated carbocycles. The van der Waals surface area contributed by atoms with Gasteiger partial charge in [-0.15, -0.1) is 0 Å². The van der Waals surface area contributed by atoms with Gasteiger partial charge < -0.3 is 9.80 Å². The van der Waals surface area contributed by atoms with E-state index in [1.807, 2.05) is 31.7 Å². The highest BCUT2D eigenvalue weighted by atomic mass is 35.5. The number of piperazine rings is 1. The van der Waals surface area contributed by atoms with E-state index in [0.717, 1.165) is 5.56 Å². The van der Waals surface area contributed by atoms with Crippen LogP contribution in [0.4, 0.5) is 15.9 Å². The normalized spacial score (nSPS) is 15.4. The van der Waals surface area contributed by atoms with Gasteiger partial charge in [0, 0.05) is 38.3 Å². The summed E-state index contributed by atoms with van der Waals surface area (Å²) >= 11 is 6.78. The summed E-state index contributed by atoms with van der Waals surface area (Å²) in [4.78, 5) is 39.7. The van der Waals surface area contributed by atoms with Gasteiger partial charge in [-0.3, -0.25) is 19.5 Å². The van der Waals surface area contributed by atoms with Crippen molar-refractivity contribution in [1.29, 1.82) is 5.26 Å². The van der Waals surface area contributed by atoms with E-state index in [9.17, 15) is 19.2 Å². The topological polar surface area (TPSA) is 92.9 Å². The molecule has 1 aromatic heterocycles. The zero-order chi connectivity index (χ0) is 30.6. The molecule has 8 nitrogen and oxygen atoms in total. The number of hydrogen-bond acceptors (Lipinski definition) is 5. The standard InChI is InChI=1S/C32H32ClFN6O2/c1-6-28(42)38-14-15-39(21(4)18-38)31(36-5)25-16-26(33)29(24-11-7-8-13-27(24)34)37-32(25)40(19-41)30-22(17-35)10-9-12-23(30)20(2)3/h6-13,16,19-21H,1,14-15,18H2,2-5H3. The van der Waals surface area contributed by atoms with Crippen LogP contribution < -0.4 is 4.90 Å². The van der Waals surface area contributed by atoms with E-state index in [1.165, 1.54) is 17.0 Å². The third kappa shape index (κ3) is 5.76. The number of aromatic nitrogens is 1. The molecule has 1 atom stereocenters. The number of hydrogen-bond donors (Lipinski definition) is 0. The van der Waals surface area contributed by atoms with Crippen LogP contribution >= 0.6 is 11.6 Å². The van der Waals surface area contributed by atoms with Crippen LogP contribution in [0.1, 0.15) is 43.4 Å². The lowest BCUT2D eigenvalue weighted by molar-refractivity contribution is -0.128. The average Bonchev–Trinajstić information content (AvgIpc) is 2.99. The van der Waals surface area contributed by atoms with Crippen molar-refractivity contribution in [3.05, 3.63) is 88.7 Å². The van der Waals surface area contributed by atoms with Crippen LogP contribution in [-0.2, 0) is 9.59 Å². The number of benzene rings is 2. The molecular formula is C32H32ClFN6O2. The van der Waals surface area contributed by atoms with Gasteiger partial charge in [-0.1, -0.05) is 56.3 Å². The number of amides is 2. The Labute approximate surface area is 250 Å². The van der Waals surface area contributed by atoms with Crippen LogP contribution in [0, 0.1) is 17.1 Å². The molecule has 4 rings (SSSR count). The minimum absolute atomic E-state index is 0.0349. The van der Waals surface area contributed by atoms with Gasteiger partial charge in [-0.25, -0.2) is 9.37 Å². The van der Waals surface area contributed by atoms with Crippen LogP contribution in [0.5, 0.6) is 0 Å². The Morgan fingerprint density at radius 3 is 2.60 bits per heavy atom. The van der Waals surface area contributed by atoms with Crippen molar-refractivity contribution in [2.75, 3.05) is 31.6 Å². The van der Waals surface area contributed by atoms with E-state index in [-0.39, 0.29) is 45.5 Å². The third-order valence-corrected chi connectivity index (χ3v) is 7.60. The van der Waals surface area contributed by atoms with Crippen LogP contribution in [0.25, 0.3) is 11.3 Å². The lowest BCUT2D eigenvalue weighted by Gasteiger charge is -2.41. The first-order valence-corrected chi connectivity index (χ1v) is 13.9. The van der Waals surface area contributed by atoms with Gasteiger partial charge in [-0.2, -0.15) is 5.26 Å². The largest absolute Gasteiger partial charge is 0.350 e. The molecule has 1 unspecified atom stereocenters. The molecule has 0 aliphatic carbocycles. The van der Waals surface area contributed by atoms with Gasteiger partial charge in [-0.05, 0) is 48.7 Å². The second-order valence-corrected chi connectivity index (χ2v) is 10.6. The third-order valence-electron chi connectivity index (χ3n) is 7.31. The fourth-order valence-electron chi connectivity index (χ4n) is 5.27. The maximum absolute atomic E-state index is 15.0. The zero-order valence-electron chi connectivity index (χ0n) is 24.0. The zero-order valence-corrected chi connectivity index (χ0v) is 24.8. The summed E-state index contributed by atoms with van der Waals surface area (Å²) in [5.74, 6) is -0.0748. The van der Waals surface area contributed by atoms with Gasteiger partial charge in [0.1, 0.15) is 17.7 Å². The smallest absolute Gasteiger partial charge is 0.246 e. The molecule has 1 aliphatic heterocycles. The Balaban J connectivity index is 1.98. The summed E-state index contributed by atoms with van der Waals surface area (Å²) in [6.07, 6.45) is 1.89. The summed E-state index contributed by atoms with van der Waals surface area (Å²) in [7, 11) is 1.62. The van der Waals surface area contributed by atoms with E-state index in [1.54, 1.807) is 48.3 Å². The first kappa shape index (κ1) is 30.4. The fourth-order valence-corrected chi connectivity index (χ4v) is 5.52. The number of pyridine rings is 1. The van der Waals surface area contributed by atoms with Crippen molar-refractivity contribution >= 4 is 41.3 Å². The lowest BCUT2D eigenvalue weighted by Crippen LogP contribution is -2.55. The molecule has 0 spiro atoms. The highest BCUT2D eigenvalue weighted by Gasteiger charge is 2.32. The maximum atomic E-state index is 15.0. The van der Waals surface area contributed by atoms with Crippen molar-refractivity contribution < 1.29 is 14.0 Å². The second kappa shape index (κ2) is 13.0. The van der Waals surface area contributed by atoms with E-state index in [2.05, 4.69) is 17.6 Å². The molecule has 10 heteroatoms.